The van der Waals surface area contributed by atoms with Gasteiger partial charge in [0, 0.05) is 5.56 Å². The van der Waals surface area contributed by atoms with E-state index in [1.165, 1.54) is 0 Å². The molecule has 1 saturated heterocycles. The lowest BCUT2D eigenvalue weighted by Crippen LogP contribution is -2.44. The van der Waals surface area contributed by atoms with Crippen LogP contribution < -0.4 is 5.26 Å². The van der Waals surface area contributed by atoms with Crippen LogP contribution in [-0.4, -0.2) is 24.0 Å². The first-order chi connectivity index (χ1) is 6.77. The molecule has 1 atom stereocenters. The maximum absolute atomic E-state index is 11.5. The fourth-order valence-electron chi connectivity index (χ4n) is 1.63. The van der Waals surface area contributed by atoms with E-state index < -0.39 is 0 Å². The highest BCUT2D eigenvalue weighted by Crippen LogP contribution is 2.25. The van der Waals surface area contributed by atoms with Crippen LogP contribution in [0.1, 0.15) is 11.7 Å². The Bertz CT molecular complexity index is 293. The van der Waals surface area contributed by atoms with Crippen molar-refractivity contribution >= 4 is 12.8 Å². The van der Waals surface area contributed by atoms with Crippen LogP contribution in [-0.2, 0) is 4.52 Å². The van der Waals surface area contributed by atoms with Crippen molar-refractivity contribution in [3.05, 3.63) is 35.9 Å². The van der Waals surface area contributed by atoms with E-state index >= 15 is 0 Å². The fraction of sp³-hybridized carbons (Fsp3) is 0.400. The third-order valence-electron chi connectivity index (χ3n) is 2.42. The van der Waals surface area contributed by atoms with E-state index in [-0.39, 0.29) is 6.10 Å². The lowest BCUT2D eigenvalue weighted by Gasteiger charge is -2.37. The van der Waals surface area contributed by atoms with Gasteiger partial charge in [-0.25, -0.2) is 4.31 Å². The molecular formula is C10H13NO2S. The van der Waals surface area contributed by atoms with Crippen molar-refractivity contribution in [3.63, 3.8) is 0 Å². The summed E-state index contributed by atoms with van der Waals surface area (Å²) in [6, 6.07) is 9.78. The number of benzene rings is 1. The zero-order valence-electron chi connectivity index (χ0n) is 7.80. The SMILES string of the molecule is [O-][O+]1CCN(S)C[C@H]1c1ccccc1. The van der Waals surface area contributed by atoms with E-state index in [9.17, 15) is 5.26 Å². The molecular weight excluding hydrogens is 198 g/mol. The highest BCUT2D eigenvalue weighted by atomic mass is 32.1. The molecule has 1 aliphatic rings. The molecule has 0 bridgehead atoms. The molecule has 1 aromatic rings. The molecule has 3 nitrogen and oxygen atoms in total. The minimum atomic E-state index is -0.151. The molecule has 0 aromatic heterocycles. The van der Waals surface area contributed by atoms with Gasteiger partial charge < -0.3 is 9.78 Å². The summed E-state index contributed by atoms with van der Waals surface area (Å²) in [5, 5.41) is 11.5. The van der Waals surface area contributed by atoms with Crippen LogP contribution in [0.2, 0.25) is 0 Å². The van der Waals surface area contributed by atoms with E-state index in [2.05, 4.69) is 12.8 Å². The van der Waals surface area contributed by atoms with Crippen LogP contribution in [0, 0.1) is 0 Å². The second kappa shape index (κ2) is 4.31. The Balaban J connectivity index is 2.16. The maximum atomic E-state index is 11.5. The monoisotopic (exact) mass is 211 g/mol. The highest BCUT2D eigenvalue weighted by Gasteiger charge is 2.28. The Morgan fingerprint density at radius 1 is 1.36 bits per heavy atom. The van der Waals surface area contributed by atoms with Crippen molar-refractivity contribution in [2.24, 2.45) is 0 Å². The maximum Gasteiger partial charge on any atom is 0.201 e. The van der Waals surface area contributed by atoms with Crippen LogP contribution in [0.5, 0.6) is 0 Å². The van der Waals surface area contributed by atoms with Gasteiger partial charge in [0.2, 0.25) is 6.10 Å². The van der Waals surface area contributed by atoms with E-state index in [0.29, 0.717) is 19.7 Å². The van der Waals surface area contributed by atoms with Gasteiger partial charge in [-0.15, -0.1) is 0 Å². The average molecular weight is 211 g/mol. The molecule has 1 heterocycles. The molecule has 0 saturated carbocycles. The standard InChI is InChI=1S/C10H13NO2S/c12-13-7-6-11(14)8-10(13)9-4-2-1-3-5-9/h1-5,10,14H,6-8H2/t10-/m0/s1. The smallest absolute Gasteiger partial charge is 0.201 e. The van der Waals surface area contributed by atoms with Crippen LogP contribution in [0.15, 0.2) is 30.3 Å². The zero-order valence-corrected chi connectivity index (χ0v) is 8.69. The van der Waals surface area contributed by atoms with Gasteiger partial charge in [0.1, 0.15) is 0 Å². The van der Waals surface area contributed by atoms with Crippen molar-refractivity contribution < 1.29 is 9.78 Å². The van der Waals surface area contributed by atoms with Gasteiger partial charge >= 0.3 is 0 Å². The predicted molar refractivity (Wildman–Crippen MR) is 55.7 cm³/mol. The van der Waals surface area contributed by atoms with Crippen LogP contribution >= 0.6 is 12.8 Å². The van der Waals surface area contributed by atoms with Gasteiger partial charge in [0.05, 0.1) is 13.1 Å². The van der Waals surface area contributed by atoms with E-state index in [1.54, 1.807) is 0 Å². The van der Waals surface area contributed by atoms with Crippen LogP contribution in [0.25, 0.3) is 0 Å². The lowest BCUT2D eigenvalue weighted by atomic mass is 10.1. The number of thiol groups is 1. The van der Waals surface area contributed by atoms with Gasteiger partial charge in [-0.2, -0.15) is 0 Å². The van der Waals surface area contributed by atoms with Crippen molar-refractivity contribution in [2.75, 3.05) is 19.7 Å². The van der Waals surface area contributed by atoms with Crippen molar-refractivity contribution in [1.29, 1.82) is 0 Å². The predicted octanol–water partition coefficient (Wildman–Crippen LogP) is 0.716. The molecule has 1 fully saturated rings. The summed E-state index contributed by atoms with van der Waals surface area (Å²) in [5.74, 6) is 0. The summed E-state index contributed by atoms with van der Waals surface area (Å²) in [7, 11) is 0. The zero-order chi connectivity index (χ0) is 9.97. The molecule has 0 N–H and O–H groups in total. The lowest BCUT2D eigenvalue weighted by molar-refractivity contribution is -0.813. The van der Waals surface area contributed by atoms with Gasteiger partial charge in [-0.1, -0.05) is 43.1 Å². The van der Waals surface area contributed by atoms with Crippen LogP contribution in [0.3, 0.4) is 0 Å². The normalized spacial score (nSPS) is 25.1. The minimum absolute atomic E-state index is 0.151. The van der Waals surface area contributed by atoms with E-state index in [0.717, 1.165) is 5.56 Å². The Morgan fingerprint density at radius 3 is 2.79 bits per heavy atom. The molecule has 2 rings (SSSR count). The number of hydrogen-bond acceptors (Lipinski definition) is 3. The van der Waals surface area contributed by atoms with E-state index in [4.69, 9.17) is 0 Å². The molecule has 1 aliphatic heterocycles. The van der Waals surface area contributed by atoms with Gasteiger partial charge in [-0.05, 0) is 0 Å². The first-order valence-corrected chi connectivity index (χ1v) is 5.03. The molecule has 0 amide bonds. The van der Waals surface area contributed by atoms with Gasteiger partial charge in [0.25, 0.3) is 0 Å². The van der Waals surface area contributed by atoms with Crippen molar-refractivity contribution in [2.45, 2.75) is 6.10 Å². The summed E-state index contributed by atoms with van der Waals surface area (Å²) in [5.41, 5.74) is 1.03. The molecule has 0 radical (unpaired) electrons. The fourth-order valence-corrected chi connectivity index (χ4v) is 1.86. The van der Waals surface area contributed by atoms with E-state index in [1.807, 2.05) is 39.2 Å². The number of hydrogen-bond donors (Lipinski definition) is 1. The third-order valence-corrected chi connectivity index (χ3v) is 2.78. The Morgan fingerprint density at radius 2 is 2.07 bits per heavy atom. The number of nitrogens with zero attached hydrogens (tertiary/aromatic N) is 1. The number of morpholine rings is 1. The second-order valence-electron chi connectivity index (χ2n) is 3.40. The minimum Gasteiger partial charge on any atom is -0.534 e. The largest absolute Gasteiger partial charge is 0.534 e. The van der Waals surface area contributed by atoms with Crippen LogP contribution in [0.4, 0.5) is 0 Å². The highest BCUT2D eigenvalue weighted by molar-refractivity contribution is 7.77. The summed E-state index contributed by atoms with van der Waals surface area (Å²) >= 11 is 4.27. The Kier molecular flexibility index (Phi) is 3.08. The summed E-state index contributed by atoms with van der Waals surface area (Å²) in [4.78, 5) is 0. The second-order valence-corrected chi connectivity index (χ2v) is 3.96. The molecule has 0 aliphatic carbocycles. The molecule has 0 spiro atoms. The third kappa shape index (κ3) is 2.09. The van der Waals surface area contributed by atoms with Crippen molar-refractivity contribution in [3.8, 4) is 0 Å². The molecule has 0 unspecified atom stereocenters. The molecule has 76 valence electrons. The Labute approximate surface area is 89.1 Å². The Hall–Kier alpha value is -0.550. The van der Waals surface area contributed by atoms with Gasteiger partial charge in [0.15, 0.2) is 6.61 Å². The molecule has 14 heavy (non-hydrogen) atoms. The first-order valence-electron chi connectivity index (χ1n) is 4.63. The topological polar surface area (TPSA) is 29.0 Å². The summed E-state index contributed by atoms with van der Waals surface area (Å²) in [6.07, 6.45) is -0.151. The molecule has 4 heteroatoms. The first kappa shape index (κ1) is 9.98. The number of rotatable bonds is 1. The molecule has 1 aromatic carbocycles. The average Bonchev–Trinajstić information content (AvgIpc) is 2.23. The summed E-state index contributed by atoms with van der Waals surface area (Å²) in [6.45, 7) is 1.80. The summed E-state index contributed by atoms with van der Waals surface area (Å²) < 4.78 is 3.82. The quantitative estimate of drug-likeness (QED) is 0.421. The van der Waals surface area contributed by atoms with Gasteiger partial charge in [-0.3, -0.25) is 0 Å². The van der Waals surface area contributed by atoms with Crippen molar-refractivity contribution in [1.82, 2.24) is 4.31 Å².